The third kappa shape index (κ3) is 4.96. The van der Waals surface area contributed by atoms with Crippen LogP contribution in [0.5, 0.6) is 11.5 Å². The fourth-order valence-electron chi connectivity index (χ4n) is 3.81. The van der Waals surface area contributed by atoms with E-state index in [2.05, 4.69) is 20.4 Å². The summed E-state index contributed by atoms with van der Waals surface area (Å²) in [4.78, 5) is 21.3. The van der Waals surface area contributed by atoms with Crippen LogP contribution in [0.25, 0.3) is 0 Å². The Morgan fingerprint density at radius 1 is 1.03 bits per heavy atom. The van der Waals surface area contributed by atoms with Crippen LogP contribution in [0.1, 0.15) is 52.1 Å². The molecule has 0 unspecified atom stereocenters. The van der Waals surface area contributed by atoms with Crippen molar-refractivity contribution in [2.75, 3.05) is 7.11 Å². The van der Waals surface area contributed by atoms with Crippen molar-refractivity contribution in [1.82, 2.24) is 25.1 Å². The summed E-state index contributed by atoms with van der Waals surface area (Å²) in [6.07, 6.45) is 1.36. The minimum atomic E-state index is -0.618. The number of methoxy groups -OCH3 is 1. The Labute approximate surface area is 200 Å². The summed E-state index contributed by atoms with van der Waals surface area (Å²) >= 11 is 0. The van der Waals surface area contributed by atoms with E-state index >= 15 is 0 Å². The number of pyridine rings is 1. The van der Waals surface area contributed by atoms with E-state index in [1.807, 2.05) is 0 Å². The number of aromatic hydroxyl groups is 1. The van der Waals surface area contributed by atoms with Crippen LogP contribution in [-0.4, -0.2) is 37.9 Å². The summed E-state index contributed by atoms with van der Waals surface area (Å²) in [5.74, 6) is -1.30. The average molecular weight is 479 g/mol. The molecule has 2 N–H and O–H groups in total. The number of hydrogen-bond donors (Lipinski definition) is 2. The van der Waals surface area contributed by atoms with Crippen molar-refractivity contribution in [2.24, 2.45) is 7.05 Å². The first-order chi connectivity index (χ1) is 16.8. The molecule has 0 aliphatic heterocycles. The molecule has 0 aliphatic carbocycles. The van der Waals surface area contributed by atoms with Gasteiger partial charge < -0.3 is 15.2 Å². The monoisotopic (exact) mass is 479 g/mol. The van der Waals surface area contributed by atoms with Gasteiger partial charge in [-0.25, -0.2) is 18.7 Å². The highest BCUT2D eigenvalue weighted by Crippen LogP contribution is 2.31. The first kappa shape index (κ1) is 23.8. The zero-order valence-corrected chi connectivity index (χ0v) is 19.2. The molecule has 0 spiro atoms. The number of rotatable bonds is 7. The number of amides is 1. The highest BCUT2D eigenvalue weighted by Gasteiger charge is 2.26. The van der Waals surface area contributed by atoms with Crippen molar-refractivity contribution in [2.45, 2.75) is 18.9 Å². The zero-order valence-electron chi connectivity index (χ0n) is 19.2. The highest BCUT2D eigenvalue weighted by atomic mass is 19.1. The molecule has 35 heavy (non-hydrogen) atoms. The van der Waals surface area contributed by atoms with Gasteiger partial charge in [-0.2, -0.15) is 5.10 Å². The largest absolute Gasteiger partial charge is 0.503 e. The lowest BCUT2D eigenvalue weighted by Gasteiger charge is -2.15. The first-order valence-electron chi connectivity index (χ1n) is 10.7. The standard InChI is InChI=1S/C25H23F2N5O3/c1-14(29-25(34)21-22(33)19(35-3)12-13-28-21)24-30-23(31-32(24)2)20(15-4-8-17(26)9-5-15)16-6-10-18(27)11-7-16/h4-14,20,33H,1-3H3,(H,29,34)/t14-/m0/s1. The third-order valence-electron chi connectivity index (χ3n) is 5.54. The number of benzene rings is 2. The van der Waals surface area contributed by atoms with Gasteiger partial charge in [0.15, 0.2) is 23.0 Å². The lowest BCUT2D eigenvalue weighted by molar-refractivity contribution is 0.0929. The molecular formula is C25H23F2N5O3. The summed E-state index contributed by atoms with van der Waals surface area (Å²) in [7, 11) is 3.06. The van der Waals surface area contributed by atoms with Gasteiger partial charge in [-0.05, 0) is 42.3 Å². The van der Waals surface area contributed by atoms with E-state index in [0.717, 1.165) is 11.1 Å². The van der Waals surface area contributed by atoms with E-state index in [4.69, 9.17) is 4.74 Å². The van der Waals surface area contributed by atoms with Crippen LogP contribution in [0.2, 0.25) is 0 Å². The van der Waals surface area contributed by atoms with Gasteiger partial charge >= 0.3 is 0 Å². The average Bonchev–Trinajstić information content (AvgIpc) is 3.23. The smallest absolute Gasteiger partial charge is 0.274 e. The van der Waals surface area contributed by atoms with Gasteiger partial charge in [0.2, 0.25) is 0 Å². The maximum absolute atomic E-state index is 13.6. The fourth-order valence-corrected chi connectivity index (χ4v) is 3.81. The second-order valence-corrected chi connectivity index (χ2v) is 7.89. The number of nitrogens with zero attached hydrogens (tertiary/aromatic N) is 4. The maximum atomic E-state index is 13.6. The van der Waals surface area contributed by atoms with E-state index in [9.17, 15) is 18.7 Å². The second-order valence-electron chi connectivity index (χ2n) is 7.89. The molecule has 4 rings (SSSR count). The molecule has 180 valence electrons. The Morgan fingerprint density at radius 3 is 2.14 bits per heavy atom. The molecule has 0 aliphatic rings. The molecule has 2 heterocycles. The number of carbonyl (C=O) groups is 1. The molecule has 0 radical (unpaired) electrons. The molecule has 0 bridgehead atoms. The lowest BCUT2D eigenvalue weighted by atomic mass is 9.90. The Hall–Kier alpha value is -4.34. The molecule has 8 nitrogen and oxygen atoms in total. The minimum absolute atomic E-state index is 0.125. The summed E-state index contributed by atoms with van der Waals surface area (Å²) in [5, 5.41) is 17.5. The molecular weight excluding hydrogens is 456 g/mol. The normalized spacial score (nSPS) is 11.9. The molecule has 1 atom stereocenters. The molecule has 2 aromatic heterocycles. The summed E-state index contributed by atoms with van der Waals surface area (Å²) in [6, 6.07) is 12.7. The van der Waals surface area contributed by atoms with Crippen LogP contribution in [0.15, 0.2) is 60.8 Å². The molecule has 0 saturated heterocycles. The van der Waals surface area contributed by atoms with Crippen LogP contribution in [0, 0.1) is 11.6 Å². The SMILES string of the molecule is COc1ccnc(C(=O)N[C@@H](C)c2nc(C(c3ccc(F)cc3)c3ccc(F)cc3)nn2C)c1O. The van der Waals surface area contributed by atoms with Gasteiger partial charge in [0.05, 0.1) is 19.1 Å². The second kappa shape index (κ2) is 9.88. The predicted octanol–water partition coefficient (Wildman–Crippen LogP) is 3.87. The summed E-state index contributed by atoms with van der Waals surface area (Å²) < 4.78 is 33.7. The minimum Gasteiger partial charge on any atom is -0.503 e. The van der Waals surface area contributed by atoms with Crippen molar-refractivity contribution in [1.29, 1.82) is 0 Å². The summed E-state index contributed by atoms with van der Waals surface area (Å²) in [5.41, 5.74) is 1.25. The Balaban J connectivity index is 1.66. The molecule has 10 heteroatoms. The van der Waals surface area contributed by atoms with Crippen molar-refractivity contribution in [3.8, 4) is 11.5 Å². The fraction of sp³-hybridized carbons (Fsp3) is 0.200. The number of halogens is 2. The van der Waals surface area contributed by atoms with E-state index < -0.39 is 17.9 Å². The number of nitrogens with one attached hydrogen (secondary N) is 1. The molecule has 2 aromatic carbocycles. The van der Waals surface area contributed by atoms with Crippen molar-refractivity contribution < 1.29 is 23.4 Å². The third-order valence-corrected chi connectivity index (χ3v) is 5.54. The van der Waals surface area contributed by atoms with E-state index in [-0.39, 0.29) is 28.8 Å². The van der Waals surface area contributed by atoms with Gasteiger partial charge in [0.1, 0.15) is 17.5 Å². The molecule has 0 saturated carbocycles. The predicted molar refractivity (Wildman–Crippen MR) is 123 cm³/mol. The quantitative estimate of drug-likeness (QED) is 0.417. The molecule has 0 fully saturated rings. The van der Waals surface area contributed by atoms with Crippen LogP contribution in [0.3, 0.4) is 0 Å². The van der Waals surface area contributed by atoms with E-state index in [1.165, 1.54) is 48.3 Å². The van der Waals surface area contributed by atoms with E-state index in [0.29, 0.717) is 11.6 Å². The Bertz CT molecular complexity index is 1290. The number of ether oxygens (including phenoxy) is 1. The number of carbonyl (C=O) groups excluding carboxylic acids is 1. The highest BCUT2D eigenvalue weighted by molar-refractivity contribution is 5.95. The number of hydrogen-bond acceptors (Lipinski definition) is 6. The number of aromatic nitrogens is 4. The van der Waals surface area contributed by atoms with Gasteiger partial charge in [-0.3, -0.25) is 9.48 Å². The van der Waals surface area contributed by atoms with Gasteiger partial charge in [-0.1, -0.05) is 24.3 Å². The summed E-state index contributed by atoms with van der Waals surface area (Å²) in [6.45, 7) is 1.72. The van der Waals surface area contributed by atoms with Gasteiger partial charge in [0.25, 0.3) is 5.91 Å². The lowest BCUT2D eigenvalue weighted by Crippen LogP contribution is -2.29. The maximum Gasteiger partial charge on any atom is 0.274 e. The Morgan fingerprint density at radius 2 is 1.60 bits per heavy atom. The Kier molecular flexibility index (Phi) is 6.72. The first-order valence-corrected chi connectivity index (χ1v) is 10.7. The van der Waals surface area contributed by atoms with Crippen LogP contribution < -0.4 is 10.1 Å². The van der Waals surface area contributed by atoms with Crippen LogP contribution in [-0.2, 0) is 7.05 Å². The van der Waals surface area contributed by atoms with Gasteiger partial charge in [0, 0.05) is 19.3 Å². The van der Waals surface area contributed by atoms with Crippen LogP contribution >= 0.6 is 0 Å². The van der Waals surface area contributed by atoms with Crippen LogP contribution in [0.4, 0.5) is 8.78 Å². The zero-order chi connectivity index (χ0) is 25.1. The number of aryl methyl sites for hydroxylation is 1. The molecule has 4 aromatic rings. The molecule has 1 amide bonds. The van der Waals surface area contributed by atoms with E-state index in [1.54, 1.807) is 38.2 Å². The topological polar surface area (TPSA) is 102 Å². The van der Waals surface area contributed by atoms with Crippen molar-refractivity contribution >= 4 is 5.91 Å². The van der Waals surface area contributed by atoms with Crippen molar-refractivity contribution in [3.63, 3.8) is 0 Å². The van der Waals surface area contributed by atoms with Gasteiger partial charge in [-0.15, -0.1) is 0 Å². The van der Waals surface area contributed by atoms with Crippen molar-refractivity contribution in [3.05, 3.63) is 101 Å².